The van der Waals surface area contributed by atoms with Gasteiger partial charge in [0.25, 0.3) is 0 Å². The highest BCUT2D eigenvalue weighted by molar-refractivity contribution is 6.00. The fraction of sp³-hybridized carbons (Fsp3) is 0.406. The molecule has 8 rings (SSSR count). The van der Waals surface area contributed by atoms with E-state index in [1.54, 1.807) is 18.3 Å². The van der Waals surface area contributed by atoms with E-state index in [1.165, 1.54) is 31.0 Å². The molecule has 0 radical (unpaired) electrons. The van der Waals surface area contributed by atoms with Gasteiger partial charge in [0, 0.05) is 47.9 Å². The monoisotopic (exact) mass is 554 g/mol. The Hall–Kier alpha value is -3.69. The van der Waals surface area contributed by atoms with Gasteiger partial charge in [-0.1, -0.05) is 18.2 Å². The molecule has 2 unspecified atom stereocenters. The molecule has 4 aromatic rings. The Kier molecular flexibility index (Phi) is 5.76. The number of halogens is 2. The molecule has 4 fully saturated rings. The first-order chi connectivity index (χ1) is 20.0. The molecule has 4 aliphatic heterocycles. The Morgan fingerprint density at radius 3 is 2.59 bits per heavy atom. The van der Waals surface area contributed by atoms with E-state index >= 15 is 8.78 Å². The number of hydrogen-bond donors (Lipinski definition) is 2. The third-order valence-electron chi connectivity index (χ3n) is 9.61. The van der Waals surface area contributed by atoms with Gasteiger partial charge in [0.05, 0.1) is 5.39 Å². The van der Waals surface area contributed by atoms with Crippen LogP contribution in [0.1, 0.15) is 44.3 Å². The summed E-state index contributed by atoms with van der Waals surface area (Å²) in [6.45, 7) is 3.79. The van der Waals surface area contributed by atoms with E-state index in [-0.39, 0.29) is 33.4 Å². The van der Waals surface area contributed by atoms with Crippen LogP contribution in [0.15, 0.2) is 42.6 Å². The number of fused-ring (bicyclic) bond motifs is 5. The number of piperazine rings is 1. The van der Waals surface area contributed by atoms with Crippen LogP contribution in [-0.2, 0) is 0 Å². The van der Waals surface area contributed by atoms with Gasteiger partial charge in [-0.2, -0.15) is 0 Å². The number of phenols is 1. The normalized spacial score (nSPS) is 23.8. The third kappa shape index (κ3) is 4.08. The molecule has 0 amide bonds. The molecule has 2 bridgehead atoms. The van der Waals surface area contributed by atoms with Crippen LogP contribution >= 0.6 is 0 Å². The number of aromatic nitrogens is 3. The second-order valence-electron chi connectivity index (χ2n) is 12.1. The summed E-state index contributed by atoms with van der Waals surface area (Å²) in [6.07, 6.45) is 12.6. The average molecular weight is 555 g/mol. The highest BCUT2D eigenvalue weighted by Crippen LogP contribution is 2.41. The fourth-order valence-corrected chi connectivity index (χ4v) is 7.74. The summed E-state index contributed by atoms with van der Waals surface area (Å²) in [7, 11) is 0. The van der Waals surface area contributed by atoms with Crippen molar-refractivity contribution in [2.45, 2.75) is 56.1 Å². The first-order valence-corrected chi connectivity index (χ1v) is 14.7. The summed E-state index contributed by atoms with van der Waals surface area (Å²) in [6, 6.07) is 8.18. The zero-order valence-corrected chi connectivity index (χ0v) is 22.8. The number of rotatable bonds is 4. The van der Waals surface area contributed by atoms with Crippen LogP contribution in [0.5, 0.6) is 5.75 Å². The van der Waals surface area contributed by atoms with Crippen LogP contribution in [0.2, 0.25) is 0 Å². The Labute approximate surface area is 236 Å². The van der Waals surface area contributed by atoms with Crippen molar-refractivity contribution in [1.29, 1.82) is 0 Å². The van der Waals surface area contributed by atoms with Gasteiger partial charge in [-0.05, 0) is 81.3 Å². The number of anilines is 1. The van der Waals surface area contributed by atoms with Gasteiger partial charge in [-0.15, -0.1) is 0 Å². The van der Waals surface area contributed by atoms with Crippen LogP contribution in [0.3, 0.4) is 0 Å². The second-order valence-corrected chi connectivity index (χ2v) is 12.1. The SMILES string of the molecule is Oc1cc(-c2ncc3c(N4CC5CCC(C4)N5)nc(/C=C/C45CCCN4CCC5)nc3c2F)c2c(F)cccc2c1. The number of nitrogens with zero attached hydrogens (tertiary/aromatic N) is 5. The molecular formula is C32H32F2N6O. The predicted molar refractivity (Wildman–Crippen MR) is 156 cm³/mol. The van der Waals surface area contributed by atoms with Crippen molar-refractivity contribution in [2.75, 3.05) is 31.1 Å². The van der Waals surface area contributed by atoms with Crippen molar-refractivity contribution in [3.05, 3.63) is 60.1 Å². The van der Waals surface area contributed by atoms with Gasteiger partial charge in [0.2, 0.25) is 0 Å². The van der Waals surface area contributed by atoms with E-state index in [0.717, 1.165) is 51.9 Å². The van der Waals surface area contributed by atoms with Gasteiger partial charge < -0.3 is 15.3 Å². The lowest BCUT2D eigenvalue weighted by Gasteiger charge is -2.34. The minimum atomic E-state index is -0.643. The Morgan fingerprint density at radius 1 is 1.02 bits per heavy atom. The molecule has 9 heteroatoms. The lowest BCUT2D eigenvalue weighted by atomic mass is 9.93. The Morgan fingerprint density at radius 2 is 1.80 bits per heavy atom. The molecule has 0 saturated carbocycles. The van der Waals surface area contributed by atoms with E-state index in [2.05, 4.69) is 26.2 Å². The summed E-state index contributed by atoms with van der Waals surface area (Å²) in [4.78, 5) is 19.0. The maximum Gasteiger partial charge on any atom is 0.175 e. The number of benzene rings is 2. The molecule has 210 valence electrons. The van der Waals surface area contributed by atoms with Crippen molar-refractivity contribution in [2.24, 2.45) is 0 Å². The number of phenolic OH excluding ortho intramolecular Hbond substituents is 1. The standard InChI is InChI=1S/C32H32F2N6O/c33-25-5-1-4-19-14-22(41)15-23(27(19)25)29-28(34)30-24(16-35-29)31(39-17-20-6-7-21(18-39)36-20)38-26(37-30)8-11-32-9-2-12-40(32)13-3-10-32/h1,4-5,8,11,14-16,20-21,36,41H,2-3,6-7,9-10,12-13,17-18H2/b11-8+. The molecule has 4 aliphatic rings. The van der Waals surface area contributed by atoms with Crippen LogP contribution in [0.4, 0.5) is 14.6 Å². The highest BCUT2D eigenvalue weighted by atomic mass is 19.1. The summed E-state index contributed by atoms with van der Waals surface area (Å²) < 4.78 is 31.6. The molecule has 2 N–H and O–H groups in total. The number of hydrogen-bond acceptors (Lipinski definition) is 7. The molecule has 41 heavy (non-hydrogen) atoms. The first-order valence-electron chi connectivity index (χ1n) is 14.7. The van der Waals surface area contributed by atoms with Crippen molar-refractivity contribution < 1.29 is 13.9 Å². The first kappa shape index (κ1) is 25.1. The minimum absolute atomic E-state index is 0.0343. The van der Waals surface area contributed by atoms with E-state index in [9.17, 15) is 5.11 Å². The van der Waals surface area contributed by atoms with Gasteiger partial charge in [-0.3, -0.25) is 9.88 Å². The number of aromatic hydroxyl groups is 1. The lowest BCUT2D eigenvalue weighted by Crippen LogP contribution is -2.51. The van der Waals surface area contributed by atoms with Crippen LogP contribution in [-0.4, -0.2) is 68.8 Å². The number of pyridine rings is 1. The predicted octanol–water partition coefficient (Wildman–Crippen LogP) is 5.41. The maximum atomic E-state index is 16.6. The summed E-state index contributed by atoms with van der Waals surface area (Å²) in [5.74, 6) is -0.0751. The summed E-state index contributed by atoms with van der Waals surface area (Å²) >= 11 is 0. The van der Waals surface area contributed by atoms with Crippen molar-refractivity contribution >= 4 is 33.6 Å². The van der Waals surface area contributed by atoms with Gasteiger partial charge >= 0.3 is 0 Å². The van der Waals surface area contributed by atoms with Crippen molar-refractivity contribution in [3.8, 4) is 17.0 Å². The smallest absolute Gasteiger partial charge is 0.175 e. The molecule has 2 atom stereocenters. The number of nitrogens with one attached hydrogen (secondary N) is 1. The molecule has 2 aromatic heterocycles. The largest absolute Gasteiger partial charge is 0.508 e. The molecule has 0 aliphatic carbocycles. The van der Waals surface area contributed by atoms with Gasteiger partial charge in [-0.25, -0.2) is 18.7 Å². The highest BCUT2D eigenvalue weighted by Gasteiger charge is 2.42. The van der Waals surface area contributed by atoms with Gasteiger partial charge in [0.1, 0.15) is 28.6 Å². The van der Waals surface area contributed by atoms with E-state index in [1.807, 2.05) is 6.08 Å². The average Bonchev–Trinajstić information content (AvgIpc) is 3.65. The van der Waals surface area contributed by atoms with E-state index in [4.69, 9.17) is 9.97 Å². The molecule has 2 aromatic carbocycles. The molecule has 6 heterocycles. The van der Waals surface area contributed by atoms with E-state index in [0.29, 0.717) is 34.5 Å². The van der Waals surface area contributed by atoms with E-state index < -0.39 is 11.6 Å². The summed E-state index contributed by atoms with van der Waals surface area (Å²) in [5.41, 5.74) is 0.346. The molecule has 0 spiro atoms. The third-order valence-corrected chi connectivity index (χ3v) is 9.61. The molecule has 7 nitrogen and oxygen atoms in total. The van der Waals surface area contributed by atoms with Crippen molar-refractivity contribution in [3.63, 3.8) is 0 Å². The second kappa shape index (κ2) is 9.42. The maximum absolute atomic E-state index is 16.6. The zero-order chi connectivity index (χ0) is 27.7. The van der Waals surface area contributed by atoms with Crippen LogP contribution in [0, 0.1) is 11.6 Å². The zero-order valence-electron chi connectivity index (χ0n) is 22.8. The molecule has 4 saturated heterocycles. The Bertz CT molecular complexity index is 1700. The van der Waals surface area contributed by atoms with Crippen LogP contribution in [0.25, 0.3) is 39.0 Å². The summed E-state index contributed by atoms with van der Waals surface area (Å²) in [5, 5.41) is 15.3. The van der Waals surface area contributed by atoms with Crippen molar-refractivity contribution in [1.82, 2.24) is 25.2 Å². The Balaban J connectivity index is 1.31. The topological polar surface area (TPSA) is 77.4 Å². The van der Waals surface area contributed by atoms with Gasteiger partial charge in [0.15, 0.2) is 11.6 Å². The minimum Gasteiger partial charge on any atom is -0.508 e. The molecular weight excluding hydrogens is 522 g/mol. The fourth-order valence-electron chi connectivity index (χ4n) is 7.74. The lowest BCUT2D eigenvalue weighted by molar-refractivity contribution is 0.251. The quantitative estimate of drug-likeness (QED) is 0.349. The van der Waals surface area contributed by atoms with Crippen LogP contribution < -0.4 is 10.2 Å².